The Hall–Kier alpha value is -1.83. The van der Waals surface area contributed by atoms with Crippen LogP contribution in [0.1, 0.15) is 36.4 Å². The van der Waals surface area contributed by atoms with E-state index < -0.39 is 5.97 Å². The topological polar surface area (TPSA) is 90.9 Å². The van der Waals surface area contributed by atoms with Crippen molar-refractivity contribution in [3.05, 3.63) is 40.6 Å². The Morgan fingerprint density at radius 3 is 2.96 bits per heavy atom. The summed E-state index contributed by atoms with van der Waals surface area (Å²) >= 11 is 0. The smallest absolute Gasteiger partial charge is 0.543 e. The number of oxazole rings is 1. The third-order valence-electron chi connectivity index (χ3n) is 5.01. The van der Waals surface area contributed by atoms with Crippen molar-refractivity contribution in [2.75, 3.05) is 0 Å². The van der Waals surface area contributed by atoms with Crippen molar-refractivity contribution >= 4 is 23.7 Å². The van der Waals surface area contributed by atoms with Crippen molar-refractivity contribution in [2.45, 2.75) is 38.1 Å². The van der Waals surface area contributed by atoms with E-state index in [1.54, 1.807) is 6.08 Å². The molecule has 3 aliphatic rings. The number of carboxylic acid groups (broad SMARTS) is 1. The van der Waals surface area contributed by atoms with Gasteiger partial charge in [0, 0.05) is 18.1 Å². The van der Waals surface area contributed by atoms with Crippen LogP contribution < -0.4 is 34.7 Å². The molecule has 2 aromatic rings. The van der Waals surface area contributed by atoms with Gasteiger partial charge in [-0.25, -0.2) is 4.52 Å². The average molecular weight is 347 g/mol. The molecular formula is C17H14N3NaO4. The molecule has 25 heavy (non-hydrogen) atoms. The number of aromatic nitrogens is 2. The number of nitrogens with zero attached hydrogens (tertiary/aromatic N) is 3. The first-order valence-corrected chi connectivity index (χ1v) is 8.10. The summed E-state index contributed by atoms with van der Waals surface area (Å²) in [5, 5.41) is 15.5. The van der Waals surface area contributed by atoms with E-state index in [1.807, 2.05) is 10.6 Å². The molecule has 0 spiro atoms. The molecule has 1 aliphatic carbocycles. The molecule has 2 aliphatic heterocycles. The second kappa shape index (κ2) is 5.86. The first-order chi connectivity index (χ1) is 11.6. The van der Waals surface area contributed by atoms with Gasteiger partial charge in [0.2, 0.25) is 5.71 Å². The Morgan fingerprint density at radius 2 is 2.16 bits per heavy atom. The van der Waals surface area contributed by atoms with Crippen molar-refractivity contribution in [2.24, 2.45) is 0 Å². The number of aliphatic carboxylic acids is 1. The van der Waals surface area contributed by atoms with Crippen LogP contribution in [0.4, 0.5) is 0 Å². The van der Waals surface area contributed by atoms with Gasteiger partial charge in [-0.05, 0) is 31.8 Å². The SMILES string of the molecule is O=C([O-])C1=CCC2/C(=C\c3cc4oc5c(n4n3)CCCC5)C(=O)N12.[Na+]. The maximum Gasteiger partial charge on any atom is 1.00 e. The van der Waals surface area contributed by atoms with Crippen molar-refractivity contribution in [1.29, 1.82) is 0 Å². The number of carbonyl (C=O) groups is 2. The number of amides is 1. The summed E-state index contributed by atoms with van der Waals surface area (Å²) in [7, 11) is 0. The number of aryl methyl sites for hydroxylation is 2. The van der Waals surface area contributed by atoms with Gasteiger partial charge in [0.05, 0.1) is 29.1 Å². The summed E-state index contributed by atoms with van der Waals surface area (Å²) in [6.07, 6.45) is 7.93. The van der Waals surface area contributed by atoms with Crippen molar-refractivity contribution < 1.29 is 48.7 Å². The molecular weight excluding hydrogens is 333 g/mol. The van der Waals surface area contributed by atoms with Crippen LogP contribution in [0.5, 0.6) is 0 Å². The van der Waals surface area contributed by atoms with Crippen molar-refractivity contribution in [3.8, 4) is 0 Å². The number of hydrogen-bond acceptors (Lipinski definition) is 5. The molecule has 1 amide bonds. The van der Waals surface area contributed by atoms with Gasteiger partial charge in [0.15, 0.2) is 0 Å². The molecule has 5 rings (SSSR count). The number of rotatable bonds is 2. The van der Waals surface area contributed by atoms with E-state index >= 15 is 0 Å². The predicted molar refractivity (Wildman–Crippen MR) is 80.4 cm³/mol. The van der Waals surface area contributed by atoms with Gasteiger partial charge in [-0.3, -0.25) is 9.69 Å². The number of carbonyl (C=O) groups excluding carboxylic acids is 2. The number of fused-ring (bicyclic) bond motifs is 4. The maximum absolute atomic E-state index is 12.2. The van der Waals surface area contributed by atoms with Gasteiger partial charge in [-0.15, -0.1) is 0 Å². The maximum atomic E-state index is 12.2. The summed E-state index contributed by atoms with van der Waals surface area (Å²) < 4.78 is 7.67. The van der Waals surface area contributed by atoms with Crippen LogP contribution in [0.3, 0.4) is 0 Å². The zero-order chi connectivity index (χ0) is 16.4. The fraction of sp³-hybridized carbons (Fsp3) is 0.353. The summed E-state index contributed by atoms with van der Waals surface area (Å²) in [4.78, 5) is 24.5. The monoisotopic (exact) mass is 347 g/mol. The van der Waals surface area contributed by atoms with E-state index in [-0.39, 0.29) is 47.2 Å². The first-order valence-electron chi connectivity index (χ1n) is 8.10. The molecule has 0 radical (unpaired) electrons. The standard InChI is InChI=1S/C17H15N3O4.Na/c21-16-10(11-5-6-13(17(22)23)19(11)16)7-9-8-15-20(18-9)12-3-1-2-4-14(12)24-15;/h6-8,11H,1-5H2,(H,22,23);/q;+1/p-1/b10-7+;. The third-order valence-corrected chi connectivity index (χ3v) is 5.01. The van der Waals surface area contributed by atoms with Crippen LogP contribution in [0.2, 0.25) is 0 Å². The molecule has 2 aromatic heterocycles. The molecule has 122 valence electrons. The molecule has 1 unspecified atom stereocenters. The minimum Gasteiger partial charge on any atom is -0.543 e. The van der Waals surface area contributed by atoms with Crippen LogP contribution in [-0.4, -0.2) is 32.4 Å². The van der Waals surface area contributed by atoms with Gasteiger partial charge in [-0.2, -0.15) is 5.10 Å². The Bertz CT molecular complexity index is 968. The molecule has 1 fully saturated rings. The van der Waals surface area contributed by atoms with Crippen LogP contribution in [0.15, 0.2) is 27.8 Å². The van der Waals surface area contributed by atoms with Gasteiger partial charge >= 0.3 is 29.6 Å². The molecule has 1 saturated heterocycles. The van der Waals surface area contributed by atoms with Gasteiger partial charge in [-0.1, -0.05) is 6.08 Å². The minimum atomic E-state index is -1.31. The minimum absolute atomic E-state index is 0. The normalized spacial score (nSPS) is 23.1. The number of β-lactam (4-membered cyclic amide) rings is 1. The van der Waals surface area contributed by atoms with E-state index in [4.69, 9.17) is 4.42 Å². The van der Waals surface area contributed by atoms with E-state index in [0.717, 1.165) is 37.1 Å². The largest absolute Gasteiger partial charge is 1.00 e. The fourth-order valence-corrected chi connectivity index (χ4v) is 3.87. The summed E-state index contributed by atoms with van der Waals surface area (Å²) in [5.74, 6) is -0.594. The molecule has 4 heterocycles. The van der Waals surface area contributed by atoms with Gasteiger partial charge in [0.1, 0.15) is 5.76 Å². The molecule has 1 atom stereocenters. The van der Waals surface area contributed by atoms with Gasteiger partial charge in [0.25, 0.3) is 5.91 Å². The number of hydrogen-bond donors (Lipinski definition) is 0. The third kappa shape index (κ3) is 2.33. The number of carboxylic acids is 1. The molecule has 8 heteroatoms. The van der Waals surface area contributed by atoms with E-state index in [2.05, 4.69) is 5.10 Å². The first kappa shape index (κ1) is 16.6. The molecule has 0 bridgehead atoms. The quantitative estimate of drug-likeness (QED) is 0.339. The summed E-state index contributed by atoms with van der Waals surface area (Å²) in [6.45, 7) is 0. The second-order valence-electron chi connectivity index (χ2n) is 6.40. The molecule has 0 N–H and O–H groups in total. The van der Waals surface area contributed by atoms with Crippen molar-refractivity contribution in [3.63, 3.8) is 0 Å². The summed E-state index contributed by atoms with van der Waals surface area (Å²) in [6, 6.07) is 1.61. The average Bonchev–Trinajstić information content (AvgIpc) is 3.22. The van der Waals surface area contributed by atoms with E-state index in [0.29, 0.717) is 23.4 Å². The molecule has 0 aromatic carbocycles. The fourth-order valence-electron chi connectivity index (χ4n) is 3.87. The predicted octanol–water partition coefficient (Wildman–Crippen LogP) is -2.56. The van der Waals surface area contributed by atoms with E-state index in [1.165, 1.54) is 11.0 Å². The zero-order valence-electron chi connectivity index (χ0n) is 13.8. The Kier molecular flexibility index (Phi) is 3.90. The van der Waals surface area contributed by atoms with Crippen LogP contribution in [0, 0.1) is 0 Å². The Morgan fingerprint density at radius 1 is 1.36 bits per heavy atom. The summed E-state index contributed by atoms with van der Waals surface area (Å²) in [5.41, 5.74) is 3.01. The Labute approximate surface area is 165 Å². The van der Waals surface area contributed by atoms with Crippen molar-refractivity contribution in [1.82, 2.24) is 14.5 Å². The zero-order valence-corrected chi connectivity index (χ0v) is 15.8. The Balaban J connectivity index is 0.00000157. The van der Waals surface area contributed by atoms with Crippen LogP contribution in [-0.2, 0) is 22.4 Å². The second-order valence-corrected chi connectivity index (χ2v) is 6.40. The van der Waals surface area contributed by atoms with E-state index in [9.17, 15) is 14.7 Å². The molecule has 0 saturated carbocycles. The molecule has 7 nitrogen and oxygen atoms in total. The van der Waals surface area contributed by atoms with Crippen LogP contribution >= 0.6 is 0 Å². The van der Waals surface area contributed by atoms with Crippen LogP contribution in [0.25, 0.3) is 11.8 Å². The van der Waals surface area contributed by atoms with Gasteiger partial charge < -0.3 is 14.3 Å².